The topological polar surface area (TPSA) is 85.2 Å². The van der Waals surface area contributed by atoms with Gasteiger partial charge in [-0.05, 0) is 49.4 Å². The van der Waals surface area contributed by atoms with Gasteiger partial charge in [0.2, 0.25) is 0 Å². The summed E-state index contributed by atoms with van der Waals surface area (Å²) in [6.07, 6.45) is -1.85. The monoisotopic (exact) mass is 475 g/mol. The van der Waals surface area contributed by atoms with Crippen molar-refractivity contribution in [1.29, 1.82) is 5.26 Å². The summed E-state index contributed by atoms with van der Waals surface area (Å²) in [6, 6.07) is 10.1. The third-order valence-corrected chi connectivity index (χ3v) is 6.70. The van der Waals surface area contributed by atoms with E-state index in [-0.39, 0.29) is 29.5 Å². The predicted molar refractivity (Wildman–Crippen MR) is 118 cm³/mol. The molecule has 0 bridgehead atoms. The Morgan fingerprint density at radius 3 is 2.44 bits per heavy atom. The SMILES string of the molecule is CCc1cc(C2CC(c3ccc(OC(F)(F)F)cc3)CN(C(=O)N3CCC(C#N)CC3)C2)n[nH]1. The van der Waals surface area contributed by atoms with Crippen LogP contribution in [0.25, 0.3) is 0 Å². The summed E-state index contributed by atoms with van der Waals surface area (Å²) in [6.45, 7) is 4.13. The van der Waals surface area contributed by atoms with Crippen molar-refractivity contribution >= 4 is 6.03 Å². The molecule has 0 radical (unpaired) electrons. The number of carbonyl (C=O) groups excluding carboxylic acids is 1. The largest absolute Gasteiger partial charge is 0.573 e. The number of ether oxygens (including phenoxy) is 1. The fraction of sp³-hybridized carbons (Fsp3) is 0.542. The number of carbonyl (C=O) groups is 1. The van der Waals surface area contributed by atoms with Crippen molar-refractivity contribution in [3.63, 3.8) is 0 Å². The molecular formula is C24H28F3N5O2. The molecule has 3 heterocycles. The van der Waals surface area contributed by atoms with Gasteiger partial charge in [0.05, 0.1) is 11.8 Å². The number of aromatic nitrogens is 2. The molecule has 2 aromatic rings. The van der Waals surface area contributed by atoms with E-state index < -0.39 is 6.36 Å². The number of rotatable bonds is 4. The lowest BCUT2D eigenvalue weighted by Gasteiger charge is -2.41. The fourth-order valence-corrected chi connectivity index (χ4v) is 4.82. The summed E-state index contributed by atoms with van der Waals surface area (Å²) >= 11 is 0. The Hall–Kier alpha value is -3.22. The highest BCUT2D eigenvalue weighted by Gasteiger charge is 2.36. The molecule has 7 nitrogen and oxygen atoms in total. The number of H-pyrrole nitrogens is 1. The van der Waals surface area contributed by atoms with Gasteiger partial charge in [-0.1, -0.05) is 19.1 Å². The first-order valence-corrected chi connectivity index (χ1v) is 11.6. The van der Waals surface area contributed by atoms with Crippen molar-refractivity contribution in [2.24, 2.45) is 5.92 Å². The number of hydrogen-bond acceptors (Lipinski definition) is 4. The molecule has 2 amide bonds. The average molecular weight is 476 g/mol. The van der Waals surface area contributed by atoms with Gasteiger partial charge in [-0.2, -0.15) is 10.4 Å². The number of piperidine rings is 2. The van der Waals surface area contributed by atoms with Crippen molar-refractivity contribution in [2.75, 3.05) is 26.2 Å². The van der Waals surface area contributed by atoms with Crippen molar-refractivity contribution in [3.05, 3.63) is 47.3 Å². The first kappa shape index (κ1) is 23.9. The summed E-state index contributed by atoms with van der Waals surface area (Å²) in [5.41, 5.74) is 2.76. The molecule has 10 heteroatoms. The zero-order chi connectivity index (χ0) is 24.3. The molecule has 0 spiro atoms. The summed E-state index contributed by atoms with van der Waals surface area (Å²) in [4.78, 5) is 17.0. The predicted octanol–water partition coefficient (Wildman–Crippen LogP) is 4.80. The van der Waals surface area contributed by atoms with E-state index in [0.29, 0.717) is 39.0 Å². The lowest BCUT2D eigenvalue weighted by atomic mass is 9.83. The number of alkyl halides is 3. The molecule has 2 unspecified atom stereocenters. The van der Waals surface area contributed by atoms with E-state index in [4.69, 9.17) is 5.26 Å². The first-order chi connectivity index (χ1) is 16.3. The van der Waals surface area contributed by atoms with Crippen LogP contribution in [0.2, 0.25) is 0 Å². The van der Waals surface area contributed by atoms with Crippen LogP contribution in [0.4, 0.5) is 18.0 Å². The van der Waals surface area contributed by atoms with Crippen molar-refractivity contribution in [1.82, 2.24) is 20.0 Å². The summed E-state index contributed by atoms with van der Waals surface area (Å²) in [5.74, 6) is -0.334. The number of aromatic amines is 1. The van der Waals surface area contributed by atoms with Crippen LogP contribution in [-0.2, 0) is 6.42 Å². The molecule has 2 aliphatic rings. The second-order valence-electron chi connectivity index (χ2n) is 9.00. The minimum absolute atomic E-state index is 0.00185. The number of nitrogens with zero attached hydrogens (tertiary/aromatic N) is 4. The minimum atomic E-state index is -4.74. The van der Waals surface area contributed by atoms with Crippen molar-refractivity contribution < 1.29 is 22.7 Å². The Morgan fingerprint density at radius 1 is 1.18 bits per heavy atom. The first-order valence-electron chi connectivity index (χ1n) is 11.6. The highest BCUT2D eigenvalue weighted by Crippen LogP contribution is 2.37. The molecule has 34 heavy (non-hydrogen) atoms. The number of urea groups is 1. The van der Waals surface area contributed by atoms with Crippen molar-refractivity contribution in [2.45, 2.75) is 50.8 Å². The summed E-state index contributed by atoms with van der Waals surface area (Å²) in [7, 11) is 0. The molecule has 182 valence electrons. The highest BCUT2D eigenvalue weighted by atomic mass is 19.4. The molecule has 2 aliphatic heterocycles. The molecule has 1 aromatic heterocycles. The maximum absolute atomic E-state index is 13.4. The number of halogens is 3. The molecule has 2 atom stereocenters. The normalized spacial score (nSPS) is 21.9. The number of likely N-dealkylation sites (tertiary alicyclic amines) is 2. The standard InChI is InChI=1S/C24H28F3N5O2/c1-2-20-12-22(30-29-20)19-11-18(17-3-5-21(6-4-17)34-24(25,26)27)14-32(15-19)23(33)31-9-7-16(13-28)8-10-31/h3-6,12,16,18-19H,2,7-11,14-15H2,1H3,(H,29,30). The van der Waals surface area contributed by atoms with Gasteiger partial charge < -0.3 is 14.5 Å². The zero-order valence-corrected chi connectivity index (χ0v) is 19.0. The third kappa shape index (κ3) is 5.64. The third-order valence-electron chi connectivity index (χ3n) is 6.70. The van der Waals surface area contributed by atoms with E-state index in [1.807, 2.05) is 17.9 Å². The number of benzene rings is 1. The Labute approximate surface area is 196 Å². The lowest BCUT2D eigenvalue weighted by molar-refractivity contribution is -0.274. The van der Waals surface area contributed by atoms with Crippen LogP contribution in [-0.4, -0.2) is 58.6 Å². The van der Waals surface area contributed by atoms with Crippen LogP contribution >= 0.6 is 0 Å². The Balaban J connectivity index is 1.53. The van der Waals surface area contributed by atoms with Gasteiger partial charge in [-0.25, -0.2) is 4.79 Å². The van der Waals surface area contributed by atoms with Gasteiger partial charge in [0.15, 0.2) is 0 Å². The molecule has 2 fully saturated rings. The molecular weight excluding hydrogens is 447 g/mol. The Morgan fingerprint density at radius 2 is 1.85 bits per heavy atom. The van der Waals surface area contributed by atoms with E-state index in [1.54, 1.807) is 17.0 Å². The second-order valence-corrected chi connectivity index (χ2v) is 9.00. The Bertz CT molecular complexity index is 1020. The number of nitrogens with one attached hydrogen (secondary N) is 1. The van der Waals surface area contributed by atoms with Gasteiger partial charge >= 0.3 is 12.4 Å². The molecule has 0 saturated carbocycles. The van der Waals surface area contributed by atoms with E-state index in [0.717, 1.165) is 29.8 Å². The van der Waals surface area contributed by atoms with Gasteiger partial charge in [0.25, 0.3) is 0 Å². The van der Waals surface area contributed by atoms with E-state index in [2.05, 4.69) is 21.0 Å². The van der Waals surface area contributed by atoms with Crippen LogP contribution in [0.1, 0.15) is 55.0 Å². The molecule has 1 N–H and O–H groups in total. The number of nitriles is 1. The van der Waals surface area contributed by atoms with Crippen LogP contribution < -0.4 is 4.74 Å². The number of hydrogen-bond donors (Lipinski definition) is 1. The number of amides is 2. The summed E-state index contributed by atoms with van der Waals surface area (Å²) in [5, 5.41) is 16.6. The second kappa shape index (κ2) is 9.95. The van der Waals surface area contributed by atoms with E-state index >= 15 is 0 Å². The summed E-state index contributed by atoms with van der Waals surface area (Å²) < 4.78 is 41.6. The zero-order valence-electron chi connectivity index (χ0n) is 19.0. The lowest BCUT2D eigenvalue weighted by Crippen LogP contribution is -2.51. The maximum atomic E-state index is 13.4. The van der Waals surface area contributed by atoms with Gasteiger partial charge in [0, 0.05) is 49.6 Å². The van der Waals surface area contributed by atoms with E-state index in [9.17, 15) is 18.0 Å². The maximum Gasteiger partial charge on any atom is 0.573 e. The average Bonchev–Trinajstić information content (AvgIpc) is 3.32. The molecule has 2 saturated heterocycles. The smallest absolute Gasteiger partial charge is 0.406 e. The van der Waals surface area contributed by atoms with Crippen LogP contribution in [0.3, 0.4) is 0 Å². The quantitative estimate of drug-likeness (QED) is 0.689. The van der Waals surface area contributed by atoms with Gasteiger partial charge in [0.1, 0.15) is 5.75 Å². The van der Waals surface area contributed by atoms with Gasteiger partial charge in [-0.15, -0.1) is 13.2 Å². The number of aryl methyl sites for hydroxylation is 1. The van der Waals surface area contributed by atoms with Crippen molar-refractivity contribution in [3.8, 4) is 11.8 Å². The minimum Gasteiger partial charge on any atom is -0.406 e. The Kier molecular flexibility index (Phi) is 7.00. The fourth-order valence-electron chi connectivity index (χ4n) is 4.82. The van der Waals surface area contributed by atoms with Crippen LogP contribution in [0.5, 0.6) is 5.75 Å². The molecule has 1 aromatic carbocycles. The molecule has 0 aliphatic carbocycles. The van der Waals surface area contributed by atoms with Gasteiger partial charge in [-0.3, -0.25) is 5.10 Å². The highest BCUT2D eigenvalue weighted by molar-refractivity contribution is 5.75. The molecule has 4 rings (SSSR count). The van der Waals surface area contributed by atoms with E-state index in [1.165, 1.54) is 12.1 Å². The van der Waals surface area contributed by atoms with Crippen LogP contribution in [0, 0.1) is 17.2 Å². The van der Waals surface area contributed by atoms with Crippen LogP contribution in [0.15, 0.2) is 30.3 Å².